The minimum atomic E-state index is -0.805. The molecule has 13 heavy (non-hydrogen) atoms. The lowest BCUT2D eigenvalue weighted by Gasteiger charge is -2.35. The Hall–Kier alpha value is 0.175. The molecule has 4 unspecified atom stereocenters. The van der Waals surface area contributed by atoms with Crippen molar-refractivity contribution in [3.63, 3.8) is 0 Å². The van der Waals surface area contributed by atoms with Crippen molar-refractivity contribution >= 4 is 18.6 Å². The van der Waals surface area contributed by atoms with Crippen molar-refractivity contribution in [1.82, 2.24) is 0 Å². The highest BCUT2D eigenvalue weighted by molar-refractivity contribution is 7.86. The molecular formula is C9H15BO2S. The maximum Gasteiger partial charge on any atom is 0.110 e. The maximum absolute atomic E-state index is 11.9. The van der Waals surface area contributed by atoms with E-state index >= 15 is 0 Å². The predicted octanol–water partition coefficient (Wildman–Crippen LogP) is 0.815. The second kappa shape index (κ2) is 2.83. The van der Waals surface area contributed by atoms with Crippen molar-refractivity contribution in [2.24, 2.45) is 5.92 Å². The van der Waals surface area contributed by atoms with Gasteiger partial charge in [0.05, 0.1) is 16.1 Å². The summed E-state index contributed by atoms with van der Waals surface area (Å²) in [6, 6.07) is -0.313. The molecule has 2 radical (unpaired) electrons. The van der Waals surface area contributed by atoms with Crippen LogP contribution >= 0.6 is 0 Å². The molecule has 2 nitrogen and oxygen atoms in total. The van der Waals surface area contributed by atoms with Gasteiger partial charge in [-0.05, 0) is 13.3 Å². The summed E-state index contributed by atoms with van der Waals surface area (Å²) in [7, 11) is 5.00. The van der Waals surface area contributed by atoms with Gasteiger partial charge in [0.15, 0.2) is 0 Å². The van der Waals surface area contributed by atoms with E-state index in [1.165, 1.54) is 0 Å². The predicted molar refractivity (Wildman–Crippen MR) is 54.2 cm³/mol. The summed E-state index contributed by atoms with van der Waals surface area (Å²) in [4.78, 5) is 0. The standard InChI is InChI=1S/C9H15BO2S/c1-4-9-5(2)7(8(10)12-9)13(11)6(9)3/h5-8H,4H2,1-3H3/t5-,6?,7?,8?,9-,13?/m1/s1. The third-order valence-electron chi connectivity index (χ3n) is 3.80. The summed E-state index contributed by atoms with van der Waals surface area (Å²) < 4.78 is 17.7. The van der Waals surface area contributed by atoms with Crippen LogP contribution in [-0.2, 0) is 15.5 Å². The Balaban J connectivity index is 2.41. The van der Waals surface area contributed by atoms with Crippen LogP contribution in [0.15, 0.2) is 0 Å². The molecule has 0 aromatic rings. The Kier molecular flexibility index (Phi) is 2.12. The van der Waals surface area contributed by atoms with Crippen LogP contribution in [0.3, 0.4) is 0 Å². The summed E-state index contributed by atoms with van der Waals surface area (Å²) in [6.45, 7) is 6.22. The number of rotatable bonds is 1. The molecule has 6 atom stereocenters. The van der Waals surface area contributed by atoms with Crippen molar-refractivity contribution in [1.29, 1.82) is 0 Å². The first kappa shape index (κ1) is 9.72. The zero-order valence-corrected chi connectivity index (χ0v) is 9.14. The fourth-order valence-corrected chi connectivity index (χ4v) is 5.17. The van der Waals surface area contributed by atoms with Gasteiger partial charge in [0.25, 0.3) is 0 Å². The monoisotopic (exact) mass is 198 g/mol. The van der Waals surface area contributed by atoms with Gasteiger partial charge in [0.2, 0.25) is 0 Å². The first-order valence-corrected chi connectivity index (χ1v) is 6.15. The molecule has 4 heteroatoms. The van der Waals surface area contributed by atoms with Crippen molar-refractivity contribution in [3.8, 4) is 0 Å². The van der Waals surface area contributed by atoms with Crippen LogP contribution in [0.2, 0.25) is 0 Å². The van der Waals surface area contributed by atoms with Crippen molar-refractivity contribution in [2.75, 3.05) is 0 Å². The van der Waals surface area contributed by atoms with Crippen LogP contribution < -0.4 is 0 Å². The van der Waals surface area contributed by atoms with E-state index in [1.807, 2.05) is 6.92 Å². The van der Waals surface area contributed by atoms with Crippen molar-refractivity contribution in [2.45, 2.75) is 49.3 Å². The third kappa shape index (κ3) is 0.963. The molecule has 2 rings (SSSR count). The molecule has 2 saturated heterocycles. The number of ether oxygens (including phenoxy) is 1. The van der Waals surface area contributed by atoms with Crippen molar-refractivity contribution < 1.29 is 8.95 Å². The van der Waals surface area contributed by atoms with E-state index in [4.69, 9.17) is 12.6 Å². The Bertz CT molecular complexity index is 258. The summed E-state index contributed by atoms with van der Waals surface area (Å²) in [5.74, 6) is 0.336. The van der Waals surface area contributed by atoms with Crippen molar-refractivity contribution in [3.05, 3.63) is 0 Å². The van der Waals surface area contributed by atoms with Gasteiger partial charge in [-0.2, -0.15) is 0 Å². The van der Waals surface area contributed by atoms with Crippen LogP contribution in [0.25, 0.3) is 0 Å². The van der Waals surface area contributed by atoms with E-state index in [0.717, 1.165) is 6.42 Å². The number of hydrogen-bond donors (Lipinski definition) is 0. The summed E-state index contributed by atoms with van der Waals surface area (Å²) in [6.07, 6.45) is 0.908. The molecular weight excluding hydrogens is 183 g/mol. The Labute approximate surface area is 83.3 Å². The van der Waals surface area contributed by atoms with Gasteiger partial charge in [-0.3, -0.25) is 4.21 Å². The average molecular weight is 198 g/mol. The van der Waals surface area contributed by atoms with Gasteiger partial charge < -0.3 is 4.74 Å². The van der Waals surface area contributed by atoms with E-state index in [2.05, 4.69) is 13.8 Å². The number of fused-ring (bicyclic) bond motifs is 2. The maximum atomic E-state index is 11.9. The van der Waals surface area contributed by atoms with Crippen LogP contribution in [-0.4, -0.2) is 34.2 Å². The highest BCUT2D eigenvalue weighted by atomic mass is 32.2. The SMILES string of the molecule is [B]C1O[C@@]2(CC)C(C)S(=O)C1[C@H]2C. The summed E-state index contributed by atoms with van der Waals surface area (Å²) >= 11 is 0. The molecule has 2 aliphatic rings. The molecule has 0 aromatic heterocycles. The Morgan fingerprint density at radius 3 is 2.54 bits per heavy atom. The van der Waals surface area contributed by atoms with E-state index < -0.39 is 10.8 Å². The highest BCUT2D eigenvalue weighted by Gasteiger charge is 2.63. The van der Waals surface area contributed by atoms with E-state index in [1.54, 1.807) is 0 Å². The van der Waals surface area contributed by atoms with Crippen LogP contribution in [0.5, 0.6) is 0 Å². The molecule has 0 aliphatic carbocycles. The van der Waals surface area contributed by atoms with Crippen LogP contribution in [0.1, 0.15) is 27.2 Å². The molecule has 72 valence electrons. The lowest BCUT2D eigenvalue weighted by molar-refractivity contribution is -0.0343. The second-order valence-electron chi connectivity index (χ2n) is 4.12. The summed E-state index contributed by atoms with van der Waals surface area (Å²) in [5.41, 5.74) is -0.213. The summed E-state index contributed by atoms with van der Waals surface area (Å²) in [5, 5.41) is 0.187. The fourth-order valence-electron chi connectivity index (χ4n) is 2.91. The van der Waals surface area contributed by atoms with E-state index in [0.29, 0.717) is 5.92 Å². The fraction of sp³-hybridized carbons (Fsp3) is 1.00. The molecule has 0 aromatic carbocycles. The minimum absolute atomic E-state index is 0.0509. The lowest BCUT2D eigenvalue weighted by Crippen LogP contribution is -2.45. The Morgan fingerprint density at radius 1 is 1.54 bits per heavy atom. The molecule has 0 spiro atoms. The smallest absolute Gasteiger partial charge is 0.110 e. The largest absolute Gasteiger partial charge is 0.379 e. The number of hydrogen-bond acceptors (Lipinski definition) is 2. The lowest BCUT2D eigenvalue weighted by atomic mass is 9.82. The van der Waals surface area contributed by atoms with E-state index in [-0.39, 0.29) is 22.1 Å². The normalized spacial score (nSPS) is 60.1. The molecule has 2 fully saturated rings. The Morgan fingerprint density at radius 2 is 2.15 bits per heavy atom. The average Bonchev–Trinajstić information content (AvgIpc) is 2.44. The zero-order valence-electron chi connectivity index (χ0n) is 8.32. The first-order chi connectivity index (χ1) is 6.04. The highest BCUT2D eigenvalue weighted by Crippen LogP contribution is 2.51. The molecule has 2 bridgehead atoms. The van der Waals surface area contributed by atoms with Crippen LogP contribution in [0.4, 0.5) is 0 Å². The quantitative estimate of drug-likeness (QED) is 0.583. The zero-order chi connectivity index (χ0) is 9.80. The molecule has 2 aliphatic heterocycles. The van der Waals surface area contributed by atoms with Gasteiger partial charge in [-0.1, -0.05) is 13.8 Å². The molecule has 0 saturated carbocycles. The van der Waals surface area contributed by atoms with E-state index in [9.17, 15) is 4.21 Å². The topological polar surface area (TPSA) is 26.3 Å². The second-order valence-corrected chi connectivity index (χ2v) is 6.02. The molecule has 0 N–H and O–H groups in total. The van der Waals surface area contributed by atoms with Gasteiger partial charge >= 0.3 is 0 Å². The minimum Gasteiger partial charge on any atom is -0.379 e. The van der Waals surface area contributed by atoms with Crippen LogP contribution in [0, 0.1) is 5.92 Å². The first-order valence-electron chi connectivity index (χ1n) is 4.87. The molecule has 0 amide bonds. The van der Waals surface area contributed by atoms with Gasteiger partial charge in [0.1, 0.15) is 7.85 Å². The molecule has 2 heterocycles. The van der Waals surface area contributed by atoms with Gasteiger partial charge in [0, 0.05) is 22.7 Å². The van der Waals surface area contributed by atoms with Gasteiger partial charge in [-0.15, -0.1) is 0 Å². The third-order valence-corrected chi connectivity index (χ3v) is 6.11. The van der Waals surface area contributed by atoms with Gasteiger partial charge in [-0.25, -0.2) is 0 Å².